The first-order valence-electron chi connectivity index (χ1n) is 6.18. The van der Waals surface area contributed by atoms with Gasteiger partial charge in [0.05, 0.1) is 7.11 Å². The molecular formula is C12H21NO3. The van der Waals surface area contributed by atoms with E-state index in [9.17, 15) is 4.79 Å². The van der Waals surface area contributed by atoms with Crippen molar-refractivity contribution >= 4 is 5.97 Å². The van der Waals surface area contributed by atoms with Gasteiger partial charge in [-0.05, 0) is 44.1 Å². The van der Waals surface area contributed by atoms with Crippen LogP contribution in [0.25, 0.3) is 0 Å². The molecule has 4 heteroatoms. The largest absolute Gasteiger partial charge is 0.468 e. The lowest BCUT2D eigenvalue weighted by molar-refractivity contribution is -0.142. The molecule has 3 unspecified atom stereocenters. The highest BCUT2D eigenvalue weighted by atomic mass is 16.5. The van der Waals surface area contributed by atoms with Gasteiger partial charge in [0.15, 0.2) is 0 Å². The highest BCUT2D eigenvalue weighted by molar-refractivity contribution is 5.75. The third kappa shape index (κ3) is 2.95. The van der Waals surface area contributed by atoms with E-state index in [2.05, 4.69) is 5.32 Å². The summed E-state index contributed by atoms with van der Waals surface area (Å²) in [7, 11) is 1.45. The maximum atomic E-state index is 11.3. The standard InChI is InChI=1S/C12H21NO3/c1-15-12(14)11-6-10(7-13-11)5-9-3-2-4-16-8-9/h9-11,13H,2-8H2,1H3. The van der Waals surface area contributed by atoms with Crippen LogP contribution in [0.5, 0.6) is 0 Å². The summed E-state index contributed by atoms with van der Waals surface area (Å²) in [5, 5.41) is 3.23. The van der Waals surface area contributed by atoms with E-state index in [-0.39, 0.29) is 12.0 Å². The van der Waals surface area contributed by atoms with E-state index in [0.29, 0.717) is 11.8 Å². The quantitative estimate of drug-likeness (QED) is 0.729. The molecule has 1 N–H and O–H groups in total. The molecule has 0 spiro atoms. The Bertz CT molecular complexity index is 238. The zero-order valence-electron chi connectivity index (χ0n) is 9.91. The minimum absolute atomic E-state index is 0.0838. The summed E-state index contributed by atoms with van der Waals surface area (Å²) in [6, 6.07) is -0.0838. The number of carbonyl (C=O) groups excluding carboxylic acids is 1. The van der Waals surface area contributed by atoms with Crippen molar-refractivity contribution in [2.45, 2.75) is 31.7 Å². The predicted molar refractivity (Wildman–Crippen MR) is 60.1 cm³/mol. The van der Waals surface area contributed by atoms with Crippen LogP contribution in [0.3, 0.4) is 0 Å². The number of ether oxygens (including phenoxy) is 2. The second-order valence-electron chi connectivity index (χ2n) is 4.90. The van der Waals surface area contributed by atoms with Crippen LogP contribution in [-0.2, 0) is 14.3 Å². The van der Waals surface area contributed by atoms with Gasteiger partial charge in [0.1, 0.15) is 6.04 Å². The van der Waals surface area contributed by atoms with Gasteiger partial charge in [-0.15, -0.1) is 0 Å². The fourth-order valence-corrected chi connectivity index (χ4v) is 2.78. The lowest BCUT2D eigenvalue weighted by Gasteiger charge is -2.24. The molecule has 16 heavy (non-hydrogen) atoms. The van der Waals surface area contributed by atoms with Crippen LogP contribution in [0.4, 0.5) is 0 Å². The van der Waals surface area contributed by atoms with Crippen molar-refractivity contribution in [3.63, 3.8) is 0 Å². The molecule has 2 rings (SSSR count). The fraction of sp³-hybridized carbons (Fsp3) is 0.917. The van der Waals surface area contributed by atoms with Crippen LogP contribution >= 0.6 is 0 Å². The van der Waals surface area contributed by atoms with E-state index in [4.69, 9.17) is 9.47 Å². The molecule has 0 aliphatic carbocycles. The molecule has 2 saturated heterocycles. The van der Waals surface area contributed by atoms with Gasteiger partial charge in [0.25, 0.3) is 0 Å². The molecule has 0 aromatic heterocycles. The number of esters is 1. The van der Waals surface area contributed by atoms with Gasteiger partial charge < -0.3 is 14.8 Å². The summed E-state index contributed by atoms with van der Waals surface area (Å²) in [6.45, 7) is 2.76. The fourth-order valence-electron chi connectivity index (χ4n) is 2.78. The molecular weight excluding hydrogens is 206 g/mol. The second-order valence-corrected chi connectivity index (χ2v) is 4.90. The van der Waals surface area contributed by atoms with Crippen molar-refractivity contribution in [3.05, 3.63) is 0 Å². The SMILES string of the molecule is COC(=O)C1CC(CC2CCCOC2)CN1. The number of carbonyl (C=O) groups is 1. The molecule has 0 aromatic rings. The molecule has 0 bridgehead atoms. The van der Waals surface area contributed by atoms with Gasteiger partial charge >= 0.3 is 5.97 Å². The summed E-state index contributed by atoms with van der Waals surface area (Å²) in [5.74, 6) is 1.18. The first-order chi connectivity index (χ1) is 7.79. The summed E-state index contributed by atoms with van der Waals surface area (Å²) < 4.78 is 10.2. The smallest absolute Gasteiger partial charge is 0.322 e. The van der Waals surface area contributed by atoms with Gasteiger partial charge in [0.2, 0.25) is 0 Å². The highest BCUT2D eigenvalue weighted by Crippen LogP contribution is 2.27. The van der Waals surface area contributed by atoms with Crippen molar-refractivity contribution in [2.75, 3.05) is 26.9 Å². The number of rotatable bonds is 3. The maximum Gasteiger partial charge on any atom is 0.322 e. The molecule has 0 amide bonds. The minimum atomic E-state index is -0.123. The molecule has 2 heterocycles. The topological polar surface area (TPSA) is 47.6 Å². The van der Waals surface area contributed by atoms with E-state index in [1.807, 2.05) is 0 Å². The Morgan fingerprint density at radius 3 is 3.06 bits per heavy atom. The zero-order chi connectivity index (χ0) is 11.4. The van der Waals surface area contributed by atoms with E-state index in [1.54, 1.807) is 0 Å². The molecule has 0 radical (unpaired) electrons. The molecule has 2 aliphatic rings. The Hall–Kier alpha value is -0.610. The molecule has 92 valence electrons. The first kappa shape index (κ1) is 11.9. The summed E-state index contributed by atoms with van der Waals surface area (Å²) in [5.41, 5.74) is 0. The monoisotopic (exact) mass is 227 g/mol. The highest BCUT2D eigenvalue weighted by Gasteiger charge is 2.31. The zero-order valence-corrected chi connectivity index (χ0v) is 9.91. The Labute approximate surface area is 96.7 Å². The number of nitrogens with one attached hydrogen (secondary N) is 1. The summed E-state index contributed by atoms with van der Waals surface area (Å²) >= 11 is 0. The molecule has 4 nitrogen and oxygen atoms in total. The van der Waals surface area contributed by atoms with Crippen LogP contribution < -0.4 is 5.32 Å². The average molecular weight is 227 g/mol. The molecule has 0 saturated carbocycles. The minimum Gasteiger partial charge on any atom is -0.468 e. The lowest BCUT2D eigenvalue weighted by Crippen LogP contribution is -2.31. The van der Waals surface area contributed by atoms with E-state index in [1.165, 1.54) is 26.4 Å². The van der Waals surface area contributed by atoms with Crippen molar-refractivity contribution in [3.8, 4) is 0 Å². The van der Waals surface area contributed by atoms with Gasteiger partial charge in [-0.2, -0.15) is 0 Å². The number of methoxy groups -OCH3 is 1. The summed E-state index contributed by atoms with van der Waals surface area (Å²) in [4.78, 5) is 11.3. The van der Waals surface area contributed by atoms with Crippen molar-refractivity contribution in [2.24, 2.45) is 11.8 Å². The van der Waals surface area contributed by atoms with E-state index >= 15 is 0 Å². The Morgan fingerprint density at radius 2 is 2.38 bits per heavy atom. The van der Waals surface area contributed by atoms with Crippen LogP contribution in [0.15, 0.2) is 0 Å². The van der Waals surface area contributed by atoms with Gasteiger partial charge in [-0.3, -0.25) is 4.79 Å². The molecule has 0 aromatic carbocycles. The Morgan fingerprint density at radius 1 is 1.50 bits per heavy atom. The van der Waals surface area contributed by atoms with Crippen molar-refractivity contribution in [1.82, 2.24) is 5.32 Å². The average Bonchev–Trinajstić information content (AvgIpc) is 2.78. The van der Waals surface area contributed by atoms with E-state index in [0.717, 1.165) is 26.2 Å². The number of hydrogen-bond donors (Lipinski definition) is 1. The third-order valence-electron chi connectivity index (χ3n) is 3.63. The normalized spacial score (nSPS) is 34.9. The molecule has 3 atom stereocenters. The van der Waals surface area contributed by atoms with Crippen LogP contribution in [0.1, 0.15) is 25.7 Å². The van der Waals surface area contributed by atoms with Crippen LogP contribution in [-0.4, -0.2) is 38.9 Å². The van der Waals surface area contributed by atoms with Crippen molar-refractivity contribution < 1.29 is 14.3 Å². The van der Waals surface area contributed by atoms with Gasteiger partial charge in [-0.1, -0.05) is 0 Å². The number of hydrogen-bond acceptors (Lipinski definition) is 4. The van der Waals surface area contributed by atoms with E-state index < -0.39 is 0 Å². The first-order valence-corrected chi connectivity index (χ1v) is 6.18. The third-order valence-corrected chi connectivity index (χ3v) is 3.63. The van der Waals surface area contributed by atoms with Gasteiger partial charge in [0, 0.05) is 13.2 Å². The lowest BCUT2D eigenvalue weighted by atomic mass is 9.89. The maximum absolute atomic E-state index is 11.3. The van der Waals surface area contributed by atoms with Crippen molar-refractivity contribution in [1.29, 1.82) is 0 Å². The van der Waals surface area contributed by atoms with Crippen LogP contribution in [0, 0.1) is 11.8 Å². The predicted octanol–water partition coefficient (Wildman–Crippen LogP) is 0.954. The second kappa shape index (κ2) is 5.64. The molecule has 2 aliphatic heterocycles. The van der Waals surface area contributed by atoms with Crippen LogP contribution in [0.2, 0.25) is 0 Å². The molecule has 2 fully saturated rings. The Balaban J connectivity index is 1.73. The summed E-state index contributed by atoms with van der Waals surface area (Å²) in [6.07, 6.45) is 4.56. The van der Waals surface area contributed by atoms with Gasteiger partial charge in [-0.25, -0.2) is 0 Å². The Kier molecular flexibility index (Phi) is 4.18.